The molecule has 1 N–H and O–H groups in total. The summed E-state index contributed by atoms with van der Waals surface area (Å²) < 4.78 is 5.85. The highest BCUT2D eigenvalue weighted by Gasteiger charge is 2.21. The summed E-state index contributed by atoms with van der Waals surface area (Å²) in [7, 11) is 0. The zero-order chi connectivity index (χ0) is 15.2. The largest absolute Gasteiger partial charge is 0.489 e. The average molecular weight is 290 g/mol. The Kier molecular flexibility index (Phi) is 5.62. The van der Waals surface area contributed by atoms with E-state index in [9.17, 15) is 4.79 Å². The van der Waals surface area contributed by atoms with Gasteiger partial charge >= 0.3 is 0 Å². The fraction of sp³-hybridized carbons (Fsp3) is 0.588. The Morgan fingerprint density at radius 1 is 1.48 bits per heavy atom. The van der Waals surface area contributed by atoms with E-state index in [1.807, 2.05) is 19.9 Å². The smallest absolute Gasteiger partial charge is 0.211 e. The van der Waals surface area contributed by atoms with Crippen LogP contribution in [-0.4, -0.2) is 37.0 Å². The van der Waals surface area contributed by atoms with Gasteiger partial charge in [0.05, 0.1) is 11.8 Å². The summed E-state index contributed by atoms with van der Waals surface area (Å²) in [4.78, 5) is 13.2. The van der Waals surface area contributed by atoms with E-state index in [0.29, 0.717) is 12.3 Å². The first-order valence-electron chi connectivity index (χ1n) is 7.87. The Balaban J connectivity index is 2.21. The van der Waals surface area contributed by atoms with Crippen molar-refractivity contribution < 1.29 is 9.53 Å². The number of piperidine rings is 1. The second-order valence-corrected chi connectivity index (χ2v) is 5.92. The van der Waals surface area contributed by atoms with Crippen LogP contribution in [0.5, 0.6) is 5.75 Å². The summed E-state index contributed by atoms with van der Waals surface area (Å²) in [6.45, 7) is 9.63. The molecule has 116 valence electrons. The van der Waals surface area contributed by atoms with Crippen LogP contribution in [0.4, 0.5) is 5.69 Å². The Morgan fingerprint density at radius 2 is 2.29 bits per heavy atom. The van der Waals surface area contributed by atoms with E-state index in [2.05, 4.69) is 29.3 Å². The summed E-state index contributed by atoms with van der Waals surface area (Å²) >= 11 is 0. The molecule has 1 saturated heterocycles. The molecular weight excluding hydrogens is 264 g/mol. The monoisotopic (exact) mass is 290 g/mol. The van der Waals surface area contributed by atoms with E-state index in [1.54, 1.807) is 0 Å². The summed E-state index contributed by atoms with van der Waals surface area (Å²) in [6, 6.07) is 6.16. The molecule has 0 aromatic heterocycles. The summed E-state index contributed by atoms with van der Waals surface area (Å²) in [6.07, 6.45) is 3.25. The van der Waals surface area contributed by atoms with Crippen molar-refractivity contribution in [1.82, 2.24) is 4.90 Å². The standard InChI is InChI=1S/C17H26N2O2/c1-4-19-9-5-6-15(11-19)14-7-8-16(18-12-20)17(10-14)21-13(2)3/h7-8,10,12-13,15H,4-6,9,11H2,1-3H3,(H,18,20)/t15-/m1/s1. The number of carbonyl (C=O) groups is 1. The molecule has 4 heteroatoms. The molecule has 1 amide bonds. The number of likely N-dealkylation sites (tertiary alicyclic amines) is 1. The maximum absolute atomic E-state index is 10.7. The minimum Gasteiger partial charge on any atom is -0.489 e. The van der Waals surface area contributed by atoms with E-state index in [-0.39, 0.29) is 6.10 Å². The third kappa shape index (κ3) is 4.21. The molecule has 1 aliphatic heterocycles. The van der Waals surface area contributed by atoms with Gasteiger partial charge in [-0.25, -0.2) is 0 Å². The van der Waals surface area contributed by atoms with Crippen LogP contribution in [0.2, 0.25) is 0 Å². The van der Waals surface area contributed by atoms with Gasteiger partial charge in [-0.2, -0.15) is 0 Å². The van der Waals surface area contributed by atoms with Gasteiger partial charge in [0.1, 0.15) is 5.75 Å². The van der Waals surface area contributed by atoms with Crippen LogP contribution in [0.25, 0.3) is 0 Å². The van der Waals surface area contributed by atoms with Crippen LogP contribution in [0, 0.1) is 0 Å². The number of likely N-dealkylation sites (N-methyl/N-ethyl adjacent to an activating group) is 1. The molecule has 0 saturated carbocycles. The molecule has 21 heavy (non-hydrogen) atoms. The lowest BCUT2D eigenvalue weighted by molar-refractivity contribution is -0.105. The number of nitrogens with one attached hydrogen (secondary N) is 1. The van der Waals surface area contributed by atoms with Gasteiger partial charge in [0, 0.05) is 6.54 Å². The van der Waals surface area contributed by atoms with Gasteiger partial charge in [0.15, 0.2) is 0 Å². The Labute approximate surface area is 127 Å². The quantitative estimate of drug-likeness (QED) is 0.818. The van der Waals surface area contributed by atoms with Crippen LogP contribution in [0.3, 0.4) is 0 Å². The van der Waals surface area contributed by atoms with E-state index in [4.69, 9.17) is 4.74 Å². The predicted molar refractivity (Wildman–Crippen MR) is 86.0 cm³/mol. The van der Waals surface area contributed by atoms with Crippen molar-refractivity contribution in [2.24, 2.45) is 0 Å². The van der Waals surface area contributed by atoms with Gasteiger partial charge in [-0.1, -0.05) is 13.0 Å². The van der Waals surface area contributed by atoms with Crippen molar-refractivity contribution in [3.8, 4) is 5.75 Å². The maximum Gasteiger partial charge on any atom is 0.211 e. The molecular formula is C17H26N2O2. The number of carbonyl (C=O) groups excluding carboxylic acids is 1. The summed E-state index contributed by atoms with van der Waals surface area (Å²) in [5.74, 6) is 1.32. The molecule has 0 bridgehead atoms. The topological polar surface area (TPSA) is 41.6 Å². The highest BCUT2D eigenvalue weighted by Crippen LogP contribution is 2.33. The molecule has 1 aliphatic rings. The van der Waals surface area contributed by atoms with Crippen molar-refractivity contribution in [3.63, 3.8) is 0 Å². The fourth-order valence-corrected chi connectivity index (χ4v) is 2.94. The minimum atomic E-state index is 0.0888. The number of amides is 1. The molecule has 1 heterocycles. The van der Waals surface area contributed by atoms with Crippen molar-refractivity contribution >= 4 is 12.1 Å². The predicted octanol–water partition coefficient (Wildman–Crippen LogP) is 3.24. The zero-order valence-corrected chi connectivity index (χ0v) is 13.3. The summed E-state index contributed by atoms with van der Waals surface area (Å²) in [5.41, 5.74) is 2.05. The van der Waals surface area contributed by atoms with Gasteiger partial charge in [-0.3, -0.25) is 4.79 Å². The van der Waals surface area contributed by atoms with Crippen molar-refractivity contribution in [1.29, 1.82) is 0 Å². The molecule has 1 fully saturated rings. The highest BCUT2D eigenvalue weighted by molar-refractivity contribution is 5.75. The van der Waals surface area contributed by atoms with Crippen molar-refractivity contribution in [2.75, 3.05) is 25.0 Å². The van der Waals surface area contributed by atoms with Crippen LogP contribution in [-0.2, 0) is 4.79 Å². The lowest BCUT2D eigenvalue weighted by Gasteiger charge is -2.32. The molecule has 0 aliphatic carbocycles. The second-order valence-electron chi connectivity index (χ2n) is 5.92. The van der Waals surface area contributed by atoms with Gasteiger partial charge in [-0.05, 0) is 63.4 Å². The first-order valence-corrected chi connectivity index (χ1v) is 7.87. The Hall–Kier alpha value is -1.55. The first kappa shape index (κ1) is 15.8. The highest BCUT2D eigenvalue weighted by atomic mass is 16.5. The average Bonchev–Trinajstić information content (AvgIpc) is 2.49. The Morgan fingerprint density at radius 3 is 2.95 bits per heavy atom. The lowest BCUT2D eigenvalue weighted by atomic mass is 9.90. The van der Waals surface area contributed by atoms with Crippen molar-refractivity contribution in [3.05, 3.63) is 23.8 Å². The molecule has 2 rings (SSSR count). The van der Waals surface area contributed by atoms with Crippen LogP contribution >= 0.6 is 0 Å². The van der Waals surface area contributed by atoms with Crippen LogP contribution in [0.1, 0.15) is 45.1 Å². The number of hydrogen-bond acceptors (Lipinski definition) is 3. The number of nitrogens with zero attached hydrogens (tertiary/aromatic N) is 1. The molecule has 1 atom stereocenters. The number of rotatable bonds is 6. The van der Waals surface area contributed by atoms with Crippen LogP contribution < -0.4 is 10.1 Å². The molecule has 0 spiro atoms. The number of anilines is 1. The zero-order valence-electron chi connectivity index (χ0n) is 13.3. The van der Waals surface area contributed by atoms with E-state index in [0.717, 1.165) is 24.5 Å². The van der Waals surface area contributed by atoms with Gasteiger partial charge in [0.2, 0.25) is 6.41 Å². The maximum atomic E-state index is 10.7. The van der Waals surface area contributed by atoms with E-state index < -0.39 is 0 Å². The Bertz CT molecular complexity index is 474. The summed E-state index contributed by atoms with van der Waals surface area (Å²) in [5, 5.41) is 2.72. The molecule has 4 nitrogen and oxygen atoms in total. The number of ether oxygens (including phenoxy) is 1. The second kappa shape index (κ2) is 7.46. The fourth-order valence-electron chi connectivity index (χ4n) is 2.94. The number of hydrogen-bond donors (Lipinski definition) is 1. The van der Waals surface area contributed by atoms with Crippen molar-refractivity contribution in [2.45, 2.75) is 45.6 Å². The van der Waals surface area contributed by atoms with Gasteiger partial charge in [0.25, 0.3) is 0 Å². The molecule has 0 radical (unpaired) electrons. The third-order valence-electron chi connectivity index (χ3n) is 4.01. The molecule has 1 aromatic carbocycles. The van der Waals surface area contributed by atoms with Gasteiger partial charge in [-0.15, -0.1) is 0 Å². The first-order chi connectivity index (χ1) is 10.1. The lowest BCUT2D eigenvalue weighted by Crippen LogP contribution is -2.34. The minimum absolute atomic E-state index is 0.0888. The van der Waals surface area contributed by atoms with E-state index >= 15 is 0 Å². The van der Waals surface area contributed by atoms with Gasteiger partial charge < -0.3 is 15.0 Å². The molecule has 0 unspecified atom stereocenters. The SMILES string of the molecule is CCN1CCC[C@@H](c2ccc(NC=O)c(OC(C)C)c2)C1. The van der Waals surface area contributed by atoms with E-state index in [1.165, 1.54) is 24.9 Å². The number of benzene rings is 1. The normalized spacial score (nSPS) is 19.5. The third-order valence-corrected chi connectivity index (χ3v) is 4.01. The van der Waals surface area contributed by atoms with Crippen LogP contribution in [0.15, 0.2) is 18.2 Å². The molecule has 1 aromatic rings.